The van der Waals surface area contributed by atoms with Crippen molar-refractivity contribution in [3.63, 3.8) is 0 Å². The molecule has 0 spiro atoms. The normalized spacial score (nSPS) is 13.2. The molecule has 0 aromatic heterocycles. The first kappa shape index (κ1) is 77.0. The summed E-state index contributed by atoms with van der Waals surface area (Å²) in [5.41, 5.74) is 0. The molecule has 462 valence electrons. The molecule has 1 atom stereocenters. The van der Waals surface area contributed by atoms with E-state index in [1.54, 1.807) is 0 Å². The molecule has 82 heavy (non-hydrogen) atoms. The summed E-state index contributed by atoms with van der Waals surface area (Å²) in [6.45, 7) is 6.32. The van der Waals surface area contributed by atoms with Crippen LogP contribution in [0.5, 0.6) is 0 Å². The molecule has 0 N–H and O–H groups in total. The number of hydrogen-bond acceptors (Lipinski definition) is 6. The third-order valence-electron chi connectivity index (χ3n) is 13.7. The molecule has 0 saturated heterocycles. The summed E-state index contributed by atoms with van der Waals surface area (Å²) < 4.78 is 16.9. The molecule has 0 saturated carbocycles. The topological polar surface area (TPSA) is 78.9 Å². The van der Waals surface area contributed by atoms with Gasteiger partial charge in [0, 0.05) is 19.3 Å². The van der Waals surface area contributed by atoms with Crippen LogP contribution < -0.4 is 0 Å². The van der Waals surface area contributed by atoms with Crippen LogP contribution in [0.3, 0.4) is 0 Å². The van der Waals surface area contributed by atoms with Crippen molar-refractivity contribution in [2.24, 2.45) is 0 Å². The lowest BCUT2D eigenvalue weighted by Gasteiger charge is -2.18. The van der Waals surface area contributed by atoms with Crippen molar-refractivity contribution in [3.8, 4) is 0 Å². The van der Waals surface area contributed by atoms with Crippen molar-refractivity contribution in [2.75, 3.05) is 13.2 Å². The van der Waals surface area contributed by atoms with Gasteiger partial charge >= 0.3 is 17.9 Å². The second-order valence-corrected chi connectivity index (χ2v) is 21.6. The maximum Gasteiger partial charge on any atom is 0.306 e. The van der Waals surface area contributed by atoms with Gasteiger partial charge in [0.2, 0.25) is 0 Å². The summed E-state index contributed by atoms with van der Waals surface area (Å²) >= 11 is 0. The van der Waals surface area contributed by atoms with E-state index in [1.165, 1.54) is 83.5 Å². The molecule has 6 nitrogen and oxygen atoms in total. The summed E-state index contributed by atoms with van der Waals surface area (Å²) in [6, 6.07) is 0. The van der Waals surface area contributed by atoms with E-state index in [-0.39, 0.29) is 37.5 Å². The van der Waals surface area contributed by atoms with Crippen molar-refractivity contribution >= 4 is 17.9 Å². The zero-order valence-corrected chi connectivity index (χ0v) is 52.9. The molecule has 0 heterocycles. The second kappa shape index (κ2) is 68.5. The van der Waals surface area contributed by atoms with Crippen LogP contribution in [0, 0.1) is 0 Å². The minimum absolute atomic E-state index is 0.1000. The molecular weight excluding hydrogens is 1010 g/mol. The van der Waals surface area contributed by atoms with Crippen LogP contribution in [-0.2, 0) is 28.6 Å². The Morgan fingerprint density at radius 2 is 0.476 bits per heavy atom. The quantitative estimate of drug-likeness (QED) is 0.0261. The highest BCUT2D eigenvalue weighted by molar-refractivity contribution is 5.71. The molecule has 0 aromatic carbocycles. The number of unbranched alkanes of at least 4 members (excludes halogenated alkanes) is 22. The minimum Gasteiger partial charge on any atom is -0.462 e. The first-order valence-electron chi connectivity index (χ1n) is 33.5. The highest BCUT2D eigenvalue weighted by atomic mass is 16.6. The van der Waals surface area contributed by atoms with Crippen molar-refractivity contribution < 1.29 is 28.6 Å². The van der Waals surface area contributed by atoms with Crippen molar-refractivity contribution in [1.82, 2.24) is 0 Å². The molecule has 0 radical (unpaired) electrons. The van der Waals surface area contributed by atoms with Gasteiger partial charge in [-0.2, -0.15) is 0 Å². The van der Waals surface area contributed by atoms with E-state index < -0.39 is 6.10 Å². The van der Waals surface area contributed by atoms with Gasteiger partial charge in [0.1, 0.15) is 13.2 Å². The first-order valence-corrected chi connectivity index (χ1v) is 33.5. The Morgan fingerprint density at radius 1 is 0.256 bits per heavy atom. The molecule has 6 heteroatoms. The highest BCUT2D eigenvalue weighted by Crippen LogP contribution is 2.15. The van der Waals surface area contributed by atoms with Crippen molar-refractivity contribution in [1.29, 1.82) is 0 Å². The summed E-state index contributed by atoms with van der Waals surface area (Å²) in [5, 5.41) is 0. The number of ether oxygens (including phenoxy) is 3. The van der Waals surface area contributed by atoms with Gasteiger partial charge in [-0.3, -0.25) is 14.4 Å². The monoisotopic (exact) mass is 1130 g/mol. The van der Waals surface area contributed by atoms with E-state index in [4.69, 9.17) is 14.2 Å². The molecular formula is C76H122O6. The Bertz CT molecular complexity index is 1830. The lowest BCUT2D eigenvalue weighted by atomic mass is 10.0. The average Bonchev–Trinajstić information content (AvgIpc) is 3.47. The number of rotatable bonds is 59. The predicted octanol–water partition coefficient (Wildman–Crippen LogP) is 23.3. The maximum absolute atomic E-state index is 12.9. The maximum atomic E-state index is 12.9. The van der Waals surface area contributed by atoms with Gasteiger partial charge in [-0.1, -0.05) is 281 Å². The van der Waals surface area contributed by atoms with Gasteiger partial charge < -0.3 is 14.2 Å². The minimum atomic E-state index is -0.807. The van der Waals surface area contributed by atoms with Gasteiger partial charge in [-0.25, -0.2) is 0 Å². The van der Waals surface area contributed by atoms with Crippen LogP contribution in [0.4, 0.5) is 0 Å². The fourth-order valence-electron chi connectivity index (χ4n) is 8.80. The fourth-order valence-corrected chi connectivity index (χ4v) is 8.80. The van der Waals surface area contributed by atoms with Crippen molar-refractivity contribution in [3.05, 3.63) is 158 Å². The molecule has 0 aliphatic carbocycles. The smallest absolute Gasteiger partial charge is 0.306 e. The Hall–Kier alpha value is -4.97. The molecule has 0 aromatic rings. The zero-order valence-electron chi connectivity index (χ0n) is 52.9. The van der Waals surface area contributed by atoms with Gasteiger partial charge in [-0.15, -0.1) is 0 Å². The number of allylic oxidation sites excluding steroid dienone is 26. The summed E-state index contributed by atoms with van der Waals surface area (Å²) in [6.07, 6.45) is 99.8. The number of carbonyl (C=O) groups is 3. The van der Waals surface area contributed by atoms with Crippen LogP contribution in [-0.4, -0.2) is 37.2 Å². The van der Waals surface area contributed by atoms with E-state index in [0.717, 1.165) is 161 Å². The van der Waals surface area contributed by atoms with Crippen LogP contribution in [0.15, 0.2) is 158 Å². The summed E-state index contributed by atoms with van der Waals surface area (Å²) in [7, 11) is 0. The highest BCUT2D eigenvalue weighted by Gasteiger charge is 2.19. The van der Waals surface area contributed by atoms with Crippen molar-refractivity contribution in [2.45, 2.75) is 290 Å². The van der Waals surface area contributed by atoms with E-state index >= 15 is 0 Å². The Kier molecular flexibility index (Phi) is 64.4. The third kappa shape index (κ3) is 65.8. The van der Waals surface area contributed by atoms with E-state index in [2.05, 4.69) is 179 Å². The molecule has 0 rings (SSSR count). The van der Waals surface area contributed by atoms with Crippen LogP contribution in [0.2, 0.25) is 0 Å². The van der Waals surface area contributed by atoms with Crippen LogP contribution >= 0.6 is 0 Å². The summed E-state index contributed by atoms with van der Waals surface area (Å²) in [5.74, 6) is -0.946. The number of carbonyl (C=O) groups excluding carboxylic acids is 3. The molecule has 0 bridgehead atoms. The summed E-state index contributed by atoms with van der Waals surface area (Å²) in [4.78, 5) is 38.3. The fraction of sp³-hybridized carbons (Fsp3) is 0.618. The molecule has 0 aliphatic rings. The molecule has 0 amide bonds. The van der Waals surface area contributed by atoms with Gasteiger partial charge in [0.15, 0.2) is 6.10 Å². The largest absolute Gasteiger partial charge is 0.462 e. The number of esters is 3. The van der Waals surface area contributed by atoms with E-state index in [9.17, 15) is 14.4 Å². The third-order valence-corrected chi connectivity index (χ3v) is 13.7. The van der Waals surface area contributed by atoms with Gasteiger partial charge in [-0.05, 0) is 141 Å². The van der Waals surface area contributed by atoms with Gasteiger partial charge in [0.25, 0.3) is 0 Å². The number of hydrogen-bond donors (Lipinski definition) is 0. The SMILES string of the molecule is CC/C=C\C/C=C\C/C=C\C/C=C\C/C=C\C/C=C\C/C=C\CCCCCC(=O)OC(COC(=O)CCCCCCC/C=C\CCC)COC(=O)CCCCCCCCCCCCCCC/C=C\C/C=C\C/C=C\C/C=C\C/C=C\CC. The van der Waals surface area contributed by atoms with Crippen LogP contribution in [0.25, 0.3) is 0 Å². The zero-order chi connectivity index (χ0) is 59.2. The predicted molar refractivity (Wildman–Crippen MR) is 357 cm³/mol. The second-order valence-electron chi connectivity index (χ2n) is 21.6. The lowest BCUT2D eigenvalue weighted by molar-refractivity contribution is -0.167. The van der Waals surface area contributed by atoms with Gasteiger partial charge in [0.05, 0.1) is 0 Å². The van der Waals surface area contributed by atoms with Crippen LogP contribution in [0.1, 0.15) is 284 Å². The molecule has 0 aliphatic heterocycles. The standard InChI is InChI=1S/C76H122O6/c1-4-7-10-13-16-19-22-24-26-28-30-32-34-36-37-38-39-41-42-44-46-48-50-52-54-57-60-63-66-69-75(78)81-72-73(71-80-74(77)68-65-62-59-56-21-18-15-12-9-6-3)82-76(79)70-67-64-61-58-55-53-51-49-47-45-43-40-35-33-31-29-27-25-23-20-17-14-11-8-5-2/h7-8,10-12,15-17,19-20,24-27,30-33,36-37,40,43,47,49,53,55,73H,4-6,9,13-14,18,21-23,28-29,34-35,38-39,41-42,44-46,48,50-52,54,56-72H2,1-3H3/b10-7-,11-8-,15-12-,19-16-,20-17-,26-24-,27-25-,32-30-,33-31-,37-36-,43-40-,49-47-,55-53-. The lowest BCUT2D eigenvalue weighted by Crippen LogP contribution is -2.30. The Balaban J connectivity index is 4.31. The average molecular weight is 1130 g/mol. The molecule has 1 unspecified atom stereocenters. The molecule has 0 fully saturated rings. The first-order chi connectivity index (χ1) is 40.5. The van der Waals surface area contributed by atoms with E-state index in [0.29, 0.717) is 12.8 Å². The van der Waals surface area contributed by atoms with E-state index in [1.807, 2.05) is 0 Å². The Morgan fingerprint density at radius 3 is 0.768 bits per heavy atom. The Labute approximate surface area is 505 Å².